The van der Waals surface area contributed by atoms with E-state index >= 15 is 0 Å². The van der Waals surface area contributed by atoms with Gasteiger partial charge in [-0.25, -0.2) is 4.98 Å². The van der Waals surface area contributed by atoms with Gasteiger partial charge in [0.1, 0.15) is 5.82 Å². The van der Waals surface area contributed by atoms with Crippen LogP contribution < -0.4 is 10.2 Å². The van der Waals surface area contributed by atoms with E-state index < -0.39 is 11.7 Å². The van der Waals surface area contributed by atoms with Gasteiger partial charge in [-0.05, 0) is 23.8 Å². The van der Waals surface area contributed by atoms with E-state index in [0.29, 0.717) is 18.1 Å². The summed E-state index contributed by atoms with van der Waals surface area (Å²) in [6, 6.07) is 8.92. The van der Waals surface area contributed by atoms with Gasteiger partial charge in [0.15, 0.2) is 0 Å². The number of anilines is 1. The van der Waals surface area contributed by atoms with Gasteiger partial charge in [-0.3, -0.25) is 4.79 Å². The molecule has 0 atom stereocenters. The second kappa shape index (κ2) is 6.92. The summed E-state index contributed by atoms with van der Waals surface area (Å²) in [7, 11) is 0. The second-order valence-electron chi connectivity index (χ2n) is 5.84. The molecule has 25 heavy (non-hydrogen) atoms. The van der Waals surface area contributed by atoms with E-state index in [2.05, 4.69) is 10.3 Å². The molecule has 0 spiro atoms. The van der Waals surface area contributed by atoms with Crippen molar-refractivity contribution >= 4 is 23.3 Å². The molecule has 0 radical (unpaired) electrons. The first-order valence-electron chi connectivity index (χ1n) is 7.64. The van der Waals surface area contributed by atoms with Gasteiger partial charge in [-0.15, -0.1) is 0 Å². The van der Waals surface area contributed by atoms with E-state index in [0.717, 1.165) is 23.9 Å². The molecular formula is C17H15ClF3N3O. The van der Waals surface area contributed by atoms with Crippen molar-refractivity contribution in [1.29, 1.82) is 0 Å². The minimum atomic E-state index is -4.40. The summed E-state index contributed by atoms with van der Waals surface area (Å²) in [6.45, 7) is 0.838. The molecule has 4 nitrogen and oxygen atoms in total. The van der Waals surface area contributed by atoms with E-state index in [-0.39, 0.29) is 24.2 Å². The monoisotopic (exact) mass is 369 g/mol. The van der Waals surface area contributed by atoms with Gasteiger partial charge in [-0.1, -0.05) is 29.8 Å². The van der Waals surface area contributed by atoms with Crippen molar-refractivity contribution in [2.75, 3.05) is 18.0 Å². The van der Waals surface area contributed by atoms with Gasteiger partial charge in [0.2, 0.25) is 5.91 Å². The number of hydrogen-bond donors (Lipinski definition) is 1. The molecule has 1 N–H and O–H groups in total. The normalized spacial score (nSPS) is 15.0. The van der Waals surface area contributed by atoms with E-state index in [4.69, 9.17) is 11.6 Å². The van der Waals surface area contributed by atoms with Crippen LogP contribution in [0.25, 0.3) is 0 Å². The van der Waals surface area contributed by atoms with Crippen LogP contribution in [-0.2, 0) is 17.4 Å². The molecule has 1 aromatic heterocycles. The second-order valence-corrected chi connectivity index (χ2v) is 6.25. The standard InChI is InChI=1S/C17H15ClF3N3O/c18-14-4-2-1-3-11(14)7-16(25)23-13-9-24(10-13)15-8-12(5-6-22-15)17(19,20)21/h1-6,8,13H,7,9-10H2,(H,23,25). The lowest BCUT2D eigenvalue weighted by atomic mass is 10.1. The number of pyridine rings is 1. The predicted molar refractivity (Wildman–Crippen MR) is 88.5 cm³/mol. The maximum Gasteiger partial charge on any atom is 0.416 e. The van der Waals surface area contributed by atoms with Crippen LogP contribution in [0.5, 0.6) is 0 Å². The minimum Gasteiger partial charge on any atom is -0.352 e. The van der Waals surface area contributed by atoms with Crippen LogP contribution in [0.4, 0.5) is 19.0 Å². The van der Waals surface area contributed by atoms with Crippen LogP contribution in [0.1, 0.15) is 11.1 Å². The molecule has 1 amide bonds. The number of aromatic nitrogens is 1. The average molecular weight is 370 g/mol. The summed E-state index contributed by atoms with van der Waals surface area (Å²) in [5.41, 5.74) is 0.00102. The maximum atomic E-state index is 12.7. The van der Waals surface area contributed by atoms with Gasteiger partial charge >= 0.3 is 6.18 Å². The van der Waals surface area contributed by atoms with E-state index in [1.807, 2.05) is 0 Å². The Bertz CT molecular complexity index is 776. The van der Waals surface area contributed by atoms with Crippen molar-refractivity contribution in [2.24, 2.45) is 0 Å². The number of nitrogens with zero attached hydrogens (tertiary/aromatic N) is 2. The highest BCUT2D eigenvalue weighted by Gasteiger charge is 2.33. The highest BCUT2D eigenvalue weighted by molar-refractivity contribution is 6.31. The molecule has 3 rings (SSSR count). The Balaban J connectivity index is 1.53. The van der Waals surface area contributed by atoms with Gasteiger partial charge < -0.3 is 10.2 Å². The summed E-state index contributed by atoms with van der Waals surface area (Å²) in [5.74, 6) is 0.0844. The Morgan fingerprint density at radius 3 is 2.68 bits per heavy atom. The summed E-state index contributed by atoms with van der Waals surface area (Å²) in [5, 5.41) is 3.38. The molecule has 1 aromatic carbocycles. The summed E-state index contributed by atoms with van der Waals surface area (Å²) >= 11 is 6.02. The molecule has 0 saturated carbocycles. The molecular weight excluding hydrogens is 355 g/mol. The molecule has 2 heterocycles. The fourth-order valence-electron chi connectivity index (χ4n) is 2.62. The molecule has 1 aliphatic heterocycles. The Kier molecular flexibility index (Phi) is 4.85. The number of amides is 1. The van der Waals surface area contributed by atoms with Crippen molar-refractivity contribution in [3.8, 4) is 0 Å². The van der Waals surface area contributed by atoms with Crippen molar-refractivity contribution in [3.63, 3.8) is 0 Å². The number of benzene rings is 1. The van der Waals surface area contributed by atoms with Crippen molar-refractivity contribution in [2.45, 2.75) is 18.6 Å². The van der Waals surface area contributed by atoms with Gasteiger partial charge in [-0.2, -0.15) is 13.2 Å². The topological polar surface area (TPSA) is 45.2 Å². The lowest BCUT2D eigenvalue weighted by Gasteiger charge is -2.40. The van der Waals surface area contributed by atoms with Gasteiger partial charge in [0, 0.05) is 24.3 Å². The minimum absolute atomic E-state index is 0.119. The van der Waals surface area contributed by atoms with E-state index in [1.165, 1.54) is 0 Å². The lowest BCUT2D eigenvalue weighted by molar-refractivity contribution is -0.137. The maximum absolute atomic E-state index is 12.7. The highest BCUT2D eigenvalue weighted by Crippen LogP contribution is 2.31. The van der Waals surface area contributed by atoms with Crippen LogP contribution in [0.3, 0.4) is 0 Å². The van der Waals surface area contributed by atoms with Crippen LogP contribution in [-0.4, -0.2) is 30.0 Å². The van der Waals surface area contributed by atoms with Gasteiger partial charge in [0.05, 0.1) is 18.0 Å². The third-order valence-electron chi connectivity index (χ3n) is 3.95. The summed E-state index contributed by atoms with van der Waals surface area (Å²) < 4.78 is 38.2. The van der Waals surface area contributed by atoms with Crippen LogP contribution in [0, 0.1) is 0 Å². The number of carbonyl (C=O) groups is 1. The van der Waals surface area contributed by atoms with Gasteiger partial charge in [0.25, 0.3) is 0 Å². The molecule has 2 aromatic rings. The number of rotatable bonds is 4. The smallest absolute Gasteiger partial charge is 0.352 e. The summed E-state index contributed by atoms with van der Waals surface area (Å²) in [6.07, 6.45) is -3.09. The number of halogens is 4. The first-order chi connectivity index (χ1) is 11.8. The SMILES string of the molecule is O=C(Cc1ccccc1Cl)NC1CN(c2cc(C(F)(F)F)ccn2)C1. The summed E-state index contributed by atoms with van der Waals surface area (Å²) in [4.78, 5) is 17.7. The molecule has 1 saturated heterocycles. The molecule has 132 valence electrons. The Labute approximate surface area is 147 Å². The number of carbonyl (C=O) groups excluding carboxylic acids is 1. The number of hydrogen-bond acceptors (Lipinski definition) is 3. The molecule has 1 aliphatic rings. The zero-order chi connectivity index (χ0) is 18.0. The Hall–Kier alpha value is -2.28. The van der Waals surface area contributed by atoms with Crippen LogP contribution in [0.2, 0.25) is 5.02 Å². The quantitative estimate of drug-likeness (QED) is 0.899. The van der Waals surface area contributed by atoms with E-state index in [1.54, 1.807) is 29.2 Å². The zero-order valence-electron chi connectivity index (χ0n) is 13.1. The largest absolute Gasteiger partial charge is 0.416 e. The van der Waals surface area contributed by atoms with Crippen LogP contribution >= 0.6 is 11.6 Å². The third-order valence-corrected chi connectivity index (χ3v) is 4.32. The fraction of sp³-hybridized carbons (Fsp3) is 0.294. The molecule has 0 aliphatic carbocycles. The average Bonchev–Trinajstić information content (AvgIpc) is 2.52. The third kappa shape index (κ3) is 4.22. The lowest BCUT2D eigenvalue weighted by Crippen LogP contribution is -2.60. The Morgan fingerprint density at radius 2 is 2.00 bits per heavy atom. The predicted octanol–water partition coefficient (Wildman–Crippen LogP) is 3.30. The molecule has 0 bridgehead atoms. The molecule has 8 heteroatoms. The first kappa shape index (κ1) is 17.5. The van der Waals surface area contributed by atoms with Crippen molar-refractivity contribution < 1.29 is 18.0 Å². The van der Waals surface area contributed by atoms with Crippen molar-refractivity contribution in [1.82, 2.24) is 10.3 Å². The number of alkyl halides is 3. The molecule has 0 unspecified atom stereocenters. The first-order valence-corrected chi connectivity index (χ1v) is 8.01. The highest BCUT2D eigenvalue weighted by atomic mass is 35.5. The van der Waals surface area contributed by atoms with Crippen molar-refractivity contribution in [3.05, 3.63) is 58.7 Å². The van der Waals surface area contributed by atoms with Crippen LogP contribution in [0.15, 0.2) is 42.6 Å². The zero-order valence-corrected chi connectivity index (χ0v) is 13.8. The fourth-order valence-corrected chi connectivity index (χ4v) is 2.82. The number of nitrogens with one attached hydrogen (secondary N) is 1. The Morgan fingerprint density at radius 1 is 1.28 bits per heavy atom. The van der Waals surface area contributed by atoms with E-state index in [9.17, 15) is 18.0 Å². The molecule has 1 fully saturated rings.